The van der Waals surface area contributed by atoms with Crippen molar-refractivity contribution in [1.82, 2.24) is 0 Å². The molecule has 5 nitrogen and oxygen atoms in total. The normalized spacial score (nSPS) is 26.7. The fraction of sp³-hybridized carbons (Fsp3) is 1.00. The predicted octanol–water partition coefficient (Wildman–Crippen LogP) is 7.01. The van der Waals surface area contributed by atoms with Gasteiger partial charge in [0, 0.05) is 19.1 Å². The highest BCUT2D eigenvalue weighted by Crippen LogP contribution is 2.37. The molecule has 0 N–H and O–H groups in total. The lowest BCUT2D eigenvalue weighted by molar-refractivity contribution is -0.237. The first-order valence-corrected chi connectivity index (χ1v) is 13.9. The van der Waals surface area contributed by atoms with Crippen LogP contribution >= 0.6 is 0 Å². The maximum Gasteiger partial charge on any atom is 0.113 e. The quantitative estimate of drug-likeness (QED) is 0.272. The Morgan fingerprint density at radius 2 is 1.03 bits per heavy atom. The summed E-state index contributed by atoms with van der Waals surface area (Å²) in [7, 11) is 0. The van der Waals surface area contributed by atoms with Gasteiger partial charge in [0.2, 0.25) is 0 Å². The predicted molar refractivity (Wildman–Crippen MR) is 146 cm³/mol. The second-order valence-electron chi connectivity index (χ2n) is 15.2. The minimum atomic E-state index is -0.207. The van der Waals surface area contributed by atoms with E-state index in [-0.39, 0.29) is 46.6 Å². The highest BCUT2D eigenvalue weighted by Gasteiger charge is 2.48. The van der Waals surface area contributed by atoms with Gasteiger partial charge in [-0.2, -0.15) is 0 Å². The molecule has 0 heterocycles. The molecular weight excluding hydrogens is 440 g/mol. The maximum absolute atomic E-state index is 6.70. The van der Waals surface area contributed by atoms with E-state index in [0.29, 0.717) is 44.9 Å². The van der Waals surface area contributed by atoms with Crippen LogP contribution in [0.5, 0.6) is 0 Å². The van der Waals surface area contributed by atoms with E-state index >= 15 is 0 Å². The first-order valence-electron chi connectivity index (χ1n) is 13.9. The average Bonchev–Trinajstić information content (AvgIpc) is 2.66. The molecule has 0 aromatic heterocycles. The van der Waals surface area contributed by atoms with E-state index in [1.54, 1.807) is 0 Å². The smallest absolute Gasteiger partial charge is 0.113 e. The van der Waals surface area contributed by atoms with Gasteiger partial charge in [-0.25, -0.2) is 0 Å². The number of ether oxygens (including phenoxy) is 5. The first kappa shape index (κ1) is 32.8. The molecule has 0 spiro atoms. The molecule has 5 atom stereocenters. The molecule has 0 radical (unpaired) electrons. The first-order chi connectivity index (χ1) is 15.9. The average molecular weight is 501 g/mol. The largest absolute Gasteiger partial charge is 0.381 e. The Morgan fingerprint density at radius 1 is 0.571 bits per heavy atom. The van der Waals surface area contributed by atoms with Crippen LogP contribution in [0.4, 0.5) is 0 Å². The topological polar surface area (TPSA) is 46.2 Å². The zero-order valence-corrected chi connectivity index (χ0v) is 25.5. The molecule has 35 heavy (non-hydrogen) atoms. The van der Waals surface area contributed by atoms with E-state index in [0.717, 1.165) is 13.0 Å². The van der Waals surface area contributed by atoms with E-state index in [4.69, 9.17) is 23.7 Å². The van der Waals surface area contributed by atoms with Gasteiger partial charge in [0.1, 0.15) is 12.2 Å². The molecule has 0 aliphatic heterocycles. The van der Waals surface area contributed by atoms with Crippen LogP contribution in [0.1, 0.15) is 96.4 Å². The number of hydrogen-bond donors (Lipinski definition) is 0. The molecule has 210 valence electrons. The Hall–Kier alpha value is -0.200. The van der Waals surface area contributed by atoms with Gasteiger partial charge in [-0.1, -0.05) is 90.0 Å². The van der Waals surface area contributed by atoms with Crippen LogP contribution in [-0.2, 0) is 23.7 Å². The van der Waals surface area contributed by atoms with E-state index in [1.807, 2.05) is 0 Å². The van der Waals surface area contributed by atoms with Crippen LogP contribution in [0, 0.1) is 34.0 Å². The summed E-state index contributed by atoms with van der Waals surface area (Å²) in [6, 6.07) is 0. The molecule has 1 aliphatic carbocycles. The standard InChI is InChI=1S/C30H60O5/c1-21(2)15-31-17-23-14-24(33-18-28(5,6)7)26(32-16-22(3)4)27(35-20-30(11,12)13)25(23)34-19-29(8,9)10/h21-27H,14-20H2,1-13H3/t23?,24-,25-,26?,27+/m1/s1. The molecule has 1 saturated carbocycles. The van der Waals surface area contributed by atoms with Crippen molar-refractivity contribution in [1.29, 1.82) is 0 Å². The van der Waals surface area contributed by atoms with Crippen molar-refractivity contribution in [2.75, 3.05) is 39.6 Å². The zero-order chi connectivity index (χ0) is 27.0. The summed E-state index contributed by atoms with van der Waals surface area (Å²) in [6.07, 6.45) is 0.312. The van der Waals surface area contributed by atoms with Gasteiger partial charge < -0.3 is 23.7 Å². The van der Waals surface area contributed by atoms with E-state index in [9.17, 15) is 0 Å². The third-order valence-corrected chi connectivity index (χ3v) is 5.57. The maximum atomic E-state index is 6.70. The SMILES string of the molecule is CC(C)COCC1C[C@@H](OCC(C)(C)C)C(OCC(C)C)[C@@H](OCC(C)(C)C)[C@@H]1OCC(C)(C)C. The highest BCUT2D eigenvalue weighted by molar-refractivity contribution is 4.97. The van der Waals surface area contributed by atoms with Crippen molar-refractivity contribution in [3.05, 3.63) is 0 Å². The molecule has 0 aromatic carbocycles. The van der Waals surface area contributed by atoms with E-state index < -0.39 is 0 Å². The van der Waals surface area contributed by atoms with Crippen molar-refractivity contribution in [3.63, 3.8) is 0 Å². The van der Waals surface area contributed by atoms with Crippen molar-refractivity contribution >= 4 is 0 Å². The molecule has 2 unspecified atom stereocenters. The molecule has 1 aliphatic rings. The Bertz CT molecular complexity index is 567. The summed E-state index contributed by atoms with van der Waals surface area (Å²) < 4.78 is 32.7. The number of rotatable bonds is 13. The van der Waals surface area contributed by atoms with E-state index in [1.165, 1.54) is 0 Å². The van der Waals surface area contributed by atoms with Gasteiger partial charge in [0.15, 0.2) is 0 Å². The Morgan fingerprint density at radius 3 is 1.49 bits per heavy atom. The van der Waals surface area contributed by atoms with Crippen molar-refractivity contribution in [2.45, 2.75) is 121 Å². The third kappa shape index (κ3) is 14.4. The lowest BCUT2D eigenvalue weighted by Gasteiger charge is -2.47. The molecule has 0 aromatic rings. The minimum absolute atomic E-state index is 0.0417. The van der Waals surface area contributed by atoms with Gasteiger partial charge in [-0.05, 0) is 34.5 Å². The van der Waals surface area contributed by atoms with Gasteiger partial charge >= 0.3 is 0 Å². The molecule has 0 saturated heterocycles. The Labute approximate surface area is 218 Å². The molecule has 5 heteroatoms. The summed E-state index contributed by atoms with van der Waals surface area (Å²) in [5, 5.41) is 0. The lowest BCUT2D eigenvalue weighted by atomic mass is 9.80. The fourth-order valence-electron chi connectivity index (χ4n) is 3.99. The summed E-state index contributed by atoms with van der Waals surface area (Å²) in [4.78, 5) is 0. The number of hydrogen-bond acceptors (Lipinski definition) is 5. The van der Waals surface area contributed by atoms with Crippen LogP contribution in [0.15, 0.2) is 0 Å². The summed E-state index contributed by atoms with van der Waals surface area (Å²) in [5.41, 5.74) is 0.180. The van der Waals surface area contributed by atoms with Crippen LogP contribution < -0.4 is 0 Å². The molecule has 0 bridgehead atoms. The van der Waals surface area contributed by atoms with Crippen LogP contribution in [0.3, 0.4) is 0 Å². The van der Waals surface area contributed by atoms with Crippen molar-refractivity contribution in [3.8, 4) is 0 Å². The highest BCUT2D eigenvalue weighted by atomic mass is 16.6. The van der Waals surface area contributed by atoms with Crippen LogP contribution in [0.2, 0.25) is 0 Å². The second kappa shape index (κ2) is 14.1. The van der Waals surface area contributed by atoms with Crippen molar-refractivity contribution in [2.24, 2.45) is 34.0 Å². The van der Waals surface area contributed by atoms with Gasteiger partial charge in [0.25, 0.3) is 0 Å². The van der Waals surface area contributed by atoms with Gasteiger partial charge in [-0.15, -0.1) is 0 Å². The zero-order valence-electron chi connectivity index (χ0n) is 25.5. The van der Waals surface area contributed by atoms with E-state index in [2.05, 4.69) is 90.0 Å². The van der Waals surface area contributed by atoms with Gasteiger partial charge in [-0.3, -0.25) is 0 Å². The Kier molecular flexibility index (Phi) is 13.2. The Balaban J connectivity index is 3.32. The third-order valence-electron chi connectivity index (χ3n) is 5.57. The lowest BCUT2D eigenvalue weighted by Crippen LogP contribution is -2.59. The summed E-state index contributed by atoms with van der Waals surface area (Å²) in [5.74, 6) is 1.11. The second-order valence-corrected chi connectivity index (χ2v) is 15.2. The van der Waals surface area contributed by atoms with Crippen LogP contribution in [0.25, 0.3) is 0 Å². The molecule has 1 fully saturated rings. The summed E-state index contributed by atoms with van der Waals surface area (Å²) in [6.45, 7) is 32.7. The summed E-state index contributed by atoms with van der Waals surface area (Å²) >= 11 is 0. The fourth-order valence-corrected chi connectivity index (χ4v) is 3.99. The van der Waals surface area contributed by atoms with Gasteiger partial charge in [0.05, 0.1) is 38.6 Å². The van der Waals surface area contributed by atoms with Crippen molar-refractivity contribution < 1.29 is 23.7 Å². The monoisotopic (exact) mass is 500 g/mol. The molecule has 1 rings (SSSR count). The minimum Gasteiger partial charge on any atom is -0.381 e. The van der Waals surface area contributed by atoms with Crippen LogP contribution in [-0.4, -0.2) is 64.1 Å². The molecule has 0 amide bonds. The molecular formula is C30H60O5.